The number of rotatable bonds is 9. The number of nitrogens with zero attached hydrogens (tertiary/aromatic N) is 1. The highest BCUT2D eigenvalue weighted by molar-refractivity contribution is 9.09. The zero-order valence-corrected chi connectivity index (χ0v) is 19.7. The molecule has 0 aromatic heterocycles. The summed E-state index contributed by atoms with van der Waals surface area (Å²) in [6.07, 6.45) is 4.22. The zero-order chi connectivity index (χ0) is 21.3. The van der Waals surface area contributed by atoms with Crippen LogP contribution in [0.4, 0.5) is 0 Å². The Morgan fingerprint density at radius 2 is 2.07 bits per heavy atom. The van der Waals surface area contributed by atoms with E-state index < -0.39 is 28.7 Å². The lowest BCUT2D eigenvalue weighted by Gasteiger charge is -2.37. The normalized spacial score (nSPS) is 36.2. The lowest BCUT2D eigenvalue weighted by molar-refractivity contribution is -0.142. The number of thioether (sulfide) groups is 1. The van der Waals surface area contributed by atoms with Gasteiger partial charge in [-0.1, -0.05) is 42.6 Å². The first-order valence-corrected chi connectivity index (χ1v) is 12.4. The lowest BCUT2D eigenvalue weighted by atomic mass is 9.70. The van der Waals surface area contributed by atoms with Crippen molar-refractivity contribution in [2.75, 3.05) is 20.2 Å². The summed E-state index contributed by atoms with van der Waals surface area (Å²) in [4.78, 5) is 41.3. The van der Waals surface area contributed by atoms with E-state index in [9.17, 15) is 19.5 Å². The van der Waals surface area contributed by atoms with Crippen molar-refractivity contribution in [1.82, 2.24) is 15.5 Å². The van der Waals surface area contributed by atoms with Gasteiger partial charge in [-0.3, -0.25) is 14.4 Å². The Balaban J connectivity index is 1.97. The Kier molecular flexibility index (Phi) is 7.21. The number of unbranched alkanes of at least 4 members (excludes halogenated alkanes) is 2. The molecule has 164 valence electrons. The maximum absolute atomic E-state index is 13.6. The number of carbonyl (C=O) groups is 3. The second-order valence-electron chi connectivity index (χ2n) is 8.27. The van der Waals surface area contributed by atoms with Gasteiger partial charge >= 0.3 is 0 Å². The van der Waals surface area contributed by atoms with Crippen LogP contribution in [-0.2, 0) is 14.4 Å². The SMILES string of the molecule is CCCCCNC(=O)C1N([C@@H](CC)CO)C(=O)[C@@H]2[C@H](C(=O)NC)[C@H]3SC12CC3Br. The average Bonchev–Trinajstić information content (AvgIpc) is 3.30. The van der Waals surface area contributed by atoms with Gasteiger partial charge < -0.3 is 20.6 Å². The van der Waals surface area contributed by atoms with E-state index in [0.29, 0.717) is 19.4 Å². The molecule has 0 aromatic rings. The number of alkyl halides is 1. The second-order valence-corrected chi connectivity index (χ2v) is 11.0. The van der Waals surface area contributed by atoms with Crippen LogP contribution >= 0.6 is 27.7 Å². The Bertz CT molecular complexity index is 662. The summed E-state index contributed by atoms with van der Waals surface area (Å²) >= 11 is 5.34. The highest BCUT2D eigenvalue weighted by Gasteiger charge is 2.75. The molecule has 3 unspecified atom stereocenters. The molecule has 0 aromatic carbocycles. The number of halogens is 1. The fourth-order valence-corrected chi connectivity index (χ4v) is 8.92. The van der Waals surface area contributed by atoms with E-state index in [1.165, 1.54) is 0 Å². The molecule has 3 aliphatic rings. The number of nitrogens with one attached hydrogen (secondary N) is 2. The fourth-order valence-electron chi connectivity index (χ4n) is 5.32. The molecule has 3 saturated heterocycles. The molecule has 3 heterocycles. The molecule has 7 nitrogen and oxygen atoms in total. The predicted molar refractivity (Wildman–Crippen MR) is 117 cm³/mol. The van der Waals surface area contributed by atoms with Crippen molar-refractivity contribution >= 4 is 45.4 Å². The van der Waals surface area contributed by atoms with Crippen molar-refractivity contribution in [3.8, 4) is 0 Å². The summed E-state index contributed by atoms with van der Waals surface area (Å²) in [5, 5.41) is 15.6. The zero-order valence-electron chi connectivity index (χ0n) is 17.3. The number of hydrogen-bond acceptors (Lipinski definition) is 5. The summed E-state index contributed by atoms with van der Waals surface area (Å²) < 4.78 is -0.634. The minimum absolute atomic E-state index is 0.0318. The molecule has 3 amide bonds. The highest BCUT2D eigenvalue weighted by atomic mass is 79.9. The van der Waals surface area contributed by atoms with Crippen molar-refractivity contribution in [2.45, 2.75) is 72.9 Å². The van der Waals surface area contributed by atoms with Crippen LogP contribution in [0.3, 0.4) is 0 Å². The first-order valence-electron chi connectivity index (χ1n) is 10.6. The van der Waals surface area contributed by atoms with Crippen LogP contribution in [0.5, 0.6) is 0 Å². The third-order valence-corrected chi connectivity index (χ3v) is 9.90. The van der Waals surface area contributed by atoms with E-state index in [2.05, 4.69) is 33.5 Å². The molecule has 3 aliphatic heterocycles. The Hall–Kier alpha value is -0.800. The summed E-state index contributed by atoms with van der Waals surface area (Å²) in [6, 6.07) is -1.09. The molecule has 1 spiro atoms. The van der Waals surface area contributed by atoms with Crippen LogP contribution in [0, 0.1) is 11.8 Å². The molecule has 2 bridgehead atoms. The van der Waals surface area contributed by atoms with Gasteiger partial charge in [-0.25, -0.2) is 0 Å². The molecule has 7 atom stereocenters. The molecule has 3 rings (SSSR count). The van der Waals surface area contributed by atoms with Crippen molar-refractivity contribution in [3.63, 3.8) is 0 Å². The third kappa shape index (κ3) is 3.61. The van der Waals surface area contributed by atoms with Gasteiger partial charge in [0, 0.05) is 23.7 Å². The van der Waals surface area contributed by atoms with E-state index in [1.54, 1.807) is 23.7 Å². The van der Waals surface area contributed by atoms with Crippen molar-refractivity contribution in [1.29, 1.82) is 0 Å². The van der Waals surface area contributed by atoms with E-state index in [1.807, 2.05) is 6.92 Å². The van der Waals surface area contributed by atoms with E-state index in [0.717, 1.165) is 19.3 Å². The Morgan fingerprint density at radius 1 is 1.34 bits per heavy atom. The standard InChI is InChI=1S/C20H32BrN3O4S/c1-4-6-7-8-23-18(27)16-20-9-12(21)15(29-20)13(17(26)22-3)14(20)19(28)24(16)11(5-2)10-25/h11-16,25H,4-10H2,1-3H3,(H,22,26)(H,23,27)/t11-,12?,13-,14-,15-,16?,20?/m0/s1. The maximum Gasteiger partial charge on any atom is 0.244 e. The molecule has 9 heteroatoms. The van der Waals surface area contributed by atoms with Crippen LogP contribution in [0.2, 0.25) is 0 Å². The highest BCUT2D eigenvalue weighted by Crippen LogP contribution is 2.67. The van der Waals surface area contributed by atoms with Gasteiger partial charge in [-0.05, 0) is 19.3 Å². The van der Waals surface area contributed by atoms with Crippen LogP contribution < -0.4 is 10.6 Å². The first-order chi connectivity index (χ1) is 13.9. The van der Waals surface area contributed by atoms with Crippen LogP contribution in [-0.4, -0.2) is 74.8 Å². The number of aliphatic hydroxyl groups excluding tert-OH is 1. The van der Waals surface area contributed by atoms with Gasteiger partial charge in [0.25, 0.3) is 0 Å². The van der Waals surface area contributed by atoms with Crippen molar-refractivity contribution in [3.05, 3.63) is 0 Å². The molecule has 3 fully saturated rings. The molecule has 0 aliphatic carbocycles. The monoisotopic (exact) mass is 489 g/mol. The first kappa shape index (κ1) is 22.9. The third-order valence-electron chi connectivity index (χ3n) is 6.68. The smallest absolute Gasteiger partial charge is 0.244 e. The second kappa shape index (κ2) is 9.14. The largest absolute Gasteiger partial charge is 0.394 e. The van der Waals surface area contributed by atoms with Crippen molar-refractivity contribution in [2.24, 2.45) is 11.8 Å². The summed E-state index contributed by atoms with van der Waals surface area (Å²) in [6.45, 7) is 4.40. The van der Waals surface area contributed by atoms with E-state index in [4.69, 9.17) is 0 Å². The Morgan fingerprint density at radius 3 is 2.66 bits per heavy atom. The van der Waals surface area contributed by atoms with Gasteiger partial charge in [-0.2, -0.15) is 0 Å². The lowest BCUT2D eigenvalue weighted by Crippen LogP contribution is -2.57. The molecule has 0 radical (unpaired) electrons. The summed E-state index contributed by atoms with van der Waals surface area (Å²) in [5.41, 5.74) is 0. The number of likely N-dealkylation sites (tertiary alicyclic amines) is 1. The number of amides is 3. The topological polar surface area (TPSA) is 98.7 Å². The van der Waals surface area contributed by atoms with Gasteiger partial charge in [-0.15, -0.1) is 11.8 Å². The quantitative estimate of drug-likeness (QED) is 0.334. The number of hydrogen-bond donors (Lipinski definition) is 3. The van der Waals surface area contributed by atoms with Crippen LogP contribution in [0.15, 0.2) is 0 Å². The maximum atomic E-state index is 13.6. The molecule has 3 N–H and O–H groups in total. The van der Waals surface area contributed by atoms with Crippen LogP contribution in [0.1, 0.15) is 46.0 Å². The minimum atomic E-state index is -0.663. The number of carbonyl (C=O) groups excluding carboxylic acids is 3. The molecule has 0 saturated carbocycles. The van der Waals surface area contributed by atoms with Crippen LogP contribution in [0.25, 0.3) is 0 Å². The Labute approximate surface area is 185 Å². The van der Waals surface area contributed by atoms with Gasteiger partial charge in [0.05, 0.1) is 29.2 Å². The predicted octanol–water partition coefficient (Wildman–Crippen LogP) is 1.27. The number of aliphatic hydroxyl groups is 1. The van der Waals surface area contributed by atoms with Gasteiger partial charge in [0.1, 0.15) is 6.04 Å². The molecular formula is C20H32BrN3O4S. The fraction of sp³-hybridized carbons (Fsp3) is 0.850. The van der Waals surface area contributed by atoms with Gasteiger partial charge in [0.2, 0.25) is 17.7 Å². The van der Waals surface area contributed by atoms with E-state index >= 15 is 0 Å². The molecular weight excluding hydrogens is 458 g/mol. The molecule has 29 heavy (non-hydrogen) atoms. The summed E-state index contributed by atoms with van der Waals surface area (Å²) in [7, 11) is 1.59. The van der Waals surface area contributed by atoms with Gasteiger partial charge in [0.15, 0.2) is 0 Å². The average molecular weight is 490 g/mol. The van der Waals surface area contributed by atoms with E-state index in [-0.39, 0.29) is 34.4 Å². The van der Waals surface area contributed by atoms with Crippen molar-refractivity contribution < 1.29 is 19.5 Å². The summed E-state index contributed by atoms with van der Waals surface area (Å²) in [5.74, 6) is -1.46. The minimum Gasteiger partial charge on any atom is -0.394 e. The number of fused-ring (bicyclic) bond motifs is 1.